The molecule has 1 aliphatic rings. The van der Waals surface area contributed by atoms with Crippen LogP contribution in [0.3, 0.4) is 0 Å². The minimum absolute atomic E-state index is 0.352. The third-order valence-electron chi connectivity index (χ3n) is 3.42. The molecule has 1 aromatic rings. The maximum atomic E-state index is 13.1. The SMILES string of the molecule is NC(c1cc(Cl)ccn1)C1(O)CCC(F)CC1. The molecule has 3 nitrogen and oxygen atoms in total. The number of aromatic nitrogens is 1. The molecule has 1 heterocycles. The van der Waals surface area contributed by atoms with Crippen LogP contribution in [0.15, 0.2) is 18.3 Å². The Bertz CT molecular complexity index is 394. The van der Waals surface area contributed by atoms with Gasteiger partial charge in [0.05, 0.1) is 17.3 Å². The molecule has 1 atom stereocenters. The van der Waals surface area contributed by atoms with Gasteiger partial charge in [-0.25, -0.2) is 4.39 Å². The smallest absolute Gasteiger partial charge is 0.100 e. The van der Waals surface area contributed by atoms with E-state index in [1.807, 2.05) is 0 Å². The van der Waals surface area contributed by atoms with Gasteiger partial charge in [-0.2, -0.15) is 0 Å². The molecule has 0 aliphatic heterocycles. The molecule has 0 amide bonds. The summed E-state index contributed by atoms with van der Waals surface area (Å²) in [6.45, 7) is 0. The highest BCUT2D eigenvalue weighted by atomic mass is 35.5. The summed E-state index contributed by atoms with van der Waals surface area (Å²) in [6.07, 6.45) is 2.17. The quantitative estimate of drug-likeness (QED) is 0.856. The second-order valence-electron chi connectivity index (χ2n) is 4.65. The topological polar surface area (TPSA) is 59.1 Å². The molecule has 1 aliphatic carbocycles. The summed E-state index contributed by atoms with van der Waals surface area (Å²) in [5, 5.41) is 11.0. The molecule has 0 radical (unpaired) electrons. The Kier molecular flexibility index (Phi) is 3.66. The first kappa shape index (κ1) is 12.7. The normalized spacial score (nSPS) is 31.2. The van der Waals surface area contributed by atoms with Crippen molar-refractivity contribution in [1.29, 1.82) is 0 Å². The molecule has 0 aromatic carbocycles. The van der Waals surface area contributed by atoms with Gasteiger partial charge in [-0.1, -0.05) is 11.6 Å². The van der Waals surface area contributed by atoms with E-state index < -0.39 is 17.8 Å². The van der Waals surface area contributed by atoms with Gasteiger partial charge in [0, 0.05) is 11.2 Å². The molecule has 17 heavy (non-hydrogen) atoms. The van der Waals surface area contributed by atoms with E-state index >= 15 is 0 Å². The molecular weight excluding hydrogens is 243 g/mol. The molecule has 1 fully saturated rings. The van der Waals surface area contributed by atoms with Gasteiger partial charge in [0.2, 0.25) is 0 Å². The minimum Gasteiger partial charge on any atom is -0.388 e. The van der Waals surface area contributed by atoms with Crippen LogP contribution in [-0.4, -0.2) is 21.9 Å². The van der Waals surface area contributed by atoms with E-state index in [-0.39, 0.29) is 0 Å². The Balaban J connectivity index is 2.16. The van der Waals surface area contributed by atoms with E-state index in [4.69, 9.17) is 17.3 Å². The lowest BCUT2D eigenvalue weighted by atomic mass is 9.78. The number of nitrogens with zero attached hydrogens (tertiary/aromatic N) is 1. The van der Waals surface area contributed by atoms with Crippen LogP contribution in [0.5, 0.6) is 0 Å². The Labute approximate surface area is 105 Å². The van der Waals surface area contributed by atoms with Crippen LogP contribution in [-0.2, 0) is 0 Å². The molecule has 1 aromatic heterocycles. The lowest BCUT2D eigenvalue weighted by Gasteiger charge is -2.37. The van der Waals surface area contributed by atoms with Crippen molar-refractivity contribution in [3.63, 3.8) is 0 Å². The van der Waals surface area contributed by atoms with Gasteiger partial charge in [-0.15, -0.1) is 0 Å². The van der Waals surface area contributed by atoms with Crippen LogP contribution in [0, 0.1) is 0 Å². The molecule has 3 N–H and O–H groups in total. The Hall–Kier alpha value is -0.710. The Morgan fingerprint density at radius 1 is 1.53 bits per heavy atom. The number of pyridine rings is 1. The lowest BCUT2D eigenvalue weighted by molar-refractivity contribution is -0.0373. The highest BCUT2D eigenvalue weighted by molar-refractivity contribution is 6.30. The number of halogens is 2. The van der Waals surface area contributed by atoms with Crippen LogP contribution in [0.1, 0.15) is 37.4 Å². The molecule has 1 unspecified atom stereocenters. The fraction of sp³-hybridized carbons (Fsp3) is 0.583. The van der Waals surface area contributed by atoms with Crippen LogP contribution in [0.4, 0.5) is 4.39 Å². The van der Waals surface area contributed by atoms with Gasteiger partial charge < -0.3 is 10.8 Å². The van der Waals surface area contributed by atoms with E-state index in [1.54, 1.807) is 18.3 Å². The first-order valence-corrected chi connectivity index (χ1v) is 6.12. The first-order chi connectivity index (χ1) is 8.01. The van der Waals surface area contributed by atoms with Crippen molar-refractivity contribution in [3.8, 4) is 0 Å². The van der Waals surface area contributed by atoms with Gasteiger partial charge in [-0.05, 0) is 37.8 Å². The minimum atomic E-state index is -1.07. The van der Waals surface area contributed by atoms with Crippen LogP contribution < -0.4 is 5.73 Å². The third kappa shape index (κ3) is 2.76. The van der Waals surface area contributed by atoms with Crippen molar-refractivity contribution >= 4 is 11.6 Å². The molecule has 5 heteroatoms. The zero-order valence-electron chi connectivity index (χ0n) is 9.44. The highest BCUT2D eigenvalue weighted by Gasteiger charge is 2.39. The maximum absolute atomic E-state index is 13.1. The summed E-state index contributed by atoms with van der Waals surface area (Å²) in [4.78, 5) is 4.12. The number of aliphatic hydroxyl groups is 1. The fourth-order valence-electron chi connectivity index (χ4n) is 2.26. The predicted molar refractivity (Wildman–Crippen MR) is 64.5 cm³/mol. The van der Waals surface area contributed by atoms with Crippen molar-refractivity contribution in [2.75, 3.05) is 0 Å². The summed E-state index contributed by atoms with van der Waals surface area (Å²) in [7, 11) is 0. The summed E-state index contributed by atoms with van der Waals surface area (Å²) in [6, 6.07) is 2.68. The second kappa shape index (κ2) is 4.88. The molecule has 2 rings (SSSR count). The average Bonchev–Trinajstić information content (AvgIpc) is 2.32. The maximum Gasteiger partial charge on any atom is 0.100 e. The largest absolute Gasteiger partial charge is 0.388 e. The summed E-state index contributed by atoms with van der Waals surface area (Å²) in [5.41, 5.74) is 5.51. The zero-order chi connectivity index (χ0) is 12.5. The van der Waals surface area contributed by atoms with Gasteiger partial charge in [0.15, 0.2) is 0 Å². The van der Waals surface area contributed by atoms with Crippen molar-refractivity contribution in [3.05, 3.63) is 29.0 Å². The molecule has 94 valence electrons. The molecule has 0 spiro atoms. The number of hydrogen-bond donors (Lipinski definition) is 2. The van der Waals surface area contributed by atoms with Crippen molar-refractivity contribution in [1.82, 2.24) is 4.98 Å². The van der Waals surface area contributed by atoms with E-state index in [9.17, 15) is 9.50 Å². The number of alkyl halides is 1. The summed E-state index contributed by atoms with van der Waals surface area (Å²) >= 11 is 5.86. The van der Waals surface area contributed by atoms with Crippen molar-refractivity contribution in [2.45, 2.75) is 43.5 Å². The first-order valence-electron chi connectivity index (χ1n) is 5.75. The number of hydrogen-bond acceptors (Lipinski definition) is 3. The van der Waals surface area contributed by atoms with Gasteiger partial charge in [-0.3, -0.25) is 4.98 Å². The molecule has 0 bridgehead atoms. The average molecular weight is 259 g/mol. The molecule has 0 saturated heterocycles. The van der Waals surface area contributed by atoms with Gasteiger partial charge in [0.25, 0.3) is 0 Å². The summed E-state index contributed by atoms with van der Waals surface area (Å²) in [5.74, 6) is 0. The van der Waals surface area contributed by atoms with Gasteiger partial charge >= 0.3 is 0 Å². The standard InChI is InChI=1S/C12H16ClFN2O/c13-8-3-6-16-10(7-8)11(15)12(17)4-1-9(14)2-5-12/h3,6-7,9,11,17H,1-2,4-5,15H2. The summed E-state index contributed by atoms with van der Waals surface area (Å²) < 4.78 is 13.1. The van der Waals surface area contributed by atoms with Crippen molar-refractivity contribution < 1.29 is 9.50 Å². The predicted octanol–water partition coefficient (Wildman–Crippen LogP) is 2.38. The Morgan fingerprint density at radius 2 is 2.18 bits per heavy atom. The van der Waals surface area contributed by atoms with Crippen LogP contribution in [0.2, 0.25) is 5.02 Å². The van der Waals surface area contributed by atoms with E-state index in [0.717, 1.165) is 0 Å². The number of rotatable bonds is 2. The third-order valence-corrected chi connectivity index (χ3v) is 3.66. The van der Waals surface area contributed by atoms with E-state index in [0.29, 0.717) is 36.4 Å². The lowest BCUT2D eigenvalue weighted by Crippen LogP contribution is -2.44. The van der Waals surface area contributed by atoms with Crippen LogP contribution in [0.25, 0.3) is 0 Å². The van der Waals surface area contributed by atoms with E-state index in [1.165, 1.54) is 0 Å². The number of nitrogens with two attached hydrogens (primary N) is 1. The highest BCUT2D eigenvalue weighted by Crippen LogP contribution is 2.37. The van der Waals surface area contributed by atoms with E-state index in [2.05, 4.69) is 4.98 Å². The Morgan fingerprint density at radius 3 is 2.76 bits per heavy atom. The fourth-order valence-corrected chi connectivity index (χ4v) is 2.43. The zero-order valence-corrected chi connectivity index (χ0v) is 10.2. The van der Waals surface area contributed by atoms with Crippen molar-refractivity contribution in [2.24, 2.45) is 5.73 Å². The molecular formula is C12H16ClFN2O. The second-order valence-corrected chi connectivity index (χ2v) is 5.09. The van der Waals surface area contributed by atoms with Gasteiger partial charge in [0.1, 0.15) is 6.17 Å². The monoisotopic (exact) mass is 258 g/mol. The molecule has 1 saturated carbocycles. The van der Waals surface area contributed by atoms with Crippen LogP contribution >= 0.6 is 11.6 Å².